The molecule has 0 bridgehead atoms. The molecule has 1 heterocycles. The Morgan fingerprint density at radius 1 is 1.73 bits per heavy atom. The largest absolute Gasteiger partial charge is 0.352 e. The average molecular weight is 156 g/mol. The van der Waals surface area contributed by atoms with Gasteiger partial charge in [-0.3, -0.25) is 4.79 Å². The van der Waals surface area contributed by atoms with Gasteiger partial charge in [-0.05, 0) is 19.4 Å². The van der Waals surface area contributed by atoms with Crippen LogP contribution in [-0.2, 0) is 4.79 Å². The molecule has 1 rings (SSSR count). The molecule has 2 N–H and O–H groups in total. The van der Waals surface area contributed by atoms with Gasteiger partial charge in [0, 0.05) is 19.0 Å². The Kier molecular flexibility index (Phi) is 3.36. The van der Waals surface area contributed by atoms with Gasteiger partial charge >= 0.3 is 0 Å². The summed E-state index contributed by atoms with van der Waals surface area (Å²) in [6.07, 6.45) is 2.89. The fourth-order valence-corrected chi connectivity index (χ4v) is 1.30. The normalized spacial score (nSPS) is 24.6. The molecule has 0 aliphatic carbocycles. The van der Waals surface area contributed by atoms with Crippen molar-refractivity contribution in [3.63, 3.8) is 0 Å². The number of piperidine rings is 1. The first-order valence-corrected chi connectivity index (χ1v) is 4.33. The van der Waals surface area contributed by atoms with Crippen molar-refractivity contribution < 1.29 is 4.79 Å². The standard InChI is InChI=1S/C8H16N2O/c1-2-8(11)10-7-4-3-5-9-6-7/h7,9H,2-6H2,1H3,(H,10,11). The molecule has 1 atom stereocenters. The number of rotatable bonds is 2. The molecule has 3 nitrogen and oxygen atoms in total. The van der Waals surface area contributed by atoms with E-state index in [2.05, 4.69) is 10.6 Å². The van der Waals surface area contributed by atoms with Crippen LogP contribution < -0.4 is 10.6 Å². The third kappa shape index (κ3) is 2.89. The highest BCUT2D eigenvalue weighted by molar-refractivity contribution is 5.75. The summed E-state index contributed by atoms with van der Waals surface area (Å²) in [5, 5.41) is 6.22. The molecule has 1 fully saturated rings. The van der Waals surface area contributed by atoms with E-state index in [1.54, 1.807) is 0 Å². The maximum Gasteiger partial charge on any atom is 0.219 e. The highest BCUT2D eigenvalue weighted by atomic mass is 16.1. The quantitative estimate of drug-likeness (QED) is 0.602. The molecule has 0 aromatic rings. The summed E-state index contributed by atoms with van der Waals surface area (Å²) >= 11 is 0. The summed E-state index contributed by atoms with van der Waals surface area (Å²) in [6, 6.07) is 0.371. The molecule has 0 aromatic heterocycles. The van der Waals surface area contributed by atoms with Gasteiger partial charge in [0.1, 0.15) is 0 Å². The zero-order valence-corrected chi connectivity index (χ0v) is 7.02. The van der Waals surface area contributed by atoms with Crippen molar-refractivity contribution in [2.24, 2.45) is 0 Å². The fraction of sp³-hybridized carbons (Fsp3) is 0.875. The predicted octanol–water partition coefficient (Wildman–Crippen LogP) is 0.265. The first-order chi connectivity index (χ1) is 5.33. The molecule has 1 aliphatic heterocycles. The summed E-state index contributed by atoms with van der Waals surface area (Å²) < 4.78 is 0. The van der Waals surface area contributed by atoms with Crippen LogP contribution in [0.2, 0.25) is 0 Å². The first-order valence-electron chi connectivity index (χ1n) is 4.33. The number of carbonyl (C=O) groups is 1. The lowest BCUT2D eigenvalue weighted by Gasteiger charge is -2.23. The van der Waals surface area contributed by atoms with E-state index < -0.39 is 0 Å². The summed E-state index contributed by atoms with van der Waals surface area (Å²) in [5.41, 5.74) is 0. The van der Waals surface area contributed by atoms with Gasteiger partial charge in [0.2, 0.25) is 5.91 Å². The fourth-order valence-electron chi connectivity index (χ4n) is 1.30. The molecular formula is C8H16N2O. The first kappa shape index (κ1) is 8.53. The third-order valence-electron chi connectivity index (χ3n) is 1.98. The molecule has 3 heteroatoms. The average Bonchev–Trinajstić information content (AvgIpc) is 2.06. The van der Waals surface area contributed by atoms with Crippen LogP contribution in [0.3, 0.4) is 0 Å². The van der Waals surface area contributed by atoms with Gasteiger partial charge in [-0.1, -0.05) is 6.92 Å². The van der Waals surface area contributed by atoms with Crippen molar-refractivity contribution in [1.29, 1.82) is 0 Å². The Balaban J connectivity index is 2.19. The van der Waals surface area contributed by atoms with E-state index >= 15 is 0 Å². The number of carbonyl (C=O) groups excluding carboxylic acids is 1. The highest BCUT2D eigenvalue weighted by Crippen LogP contribution is 2.00. The second-order valence-corrected chi connectivity index (χ2v) is 2.96. The maximum atomic E-state index is 10.9. The van der Waals surface area contributed by atoms with Gasteiger partial charge < -0.3 is 10.6 Å². The van der Waals surface area contributed by atoms with Crippen molar-refractivity contribution in [2.75, 3.05) is 13.1 Å². The molecule has 1 amide bonds. The second kappa shape index (κ2) is 4.34. The van der Waals surface area contributed by atoms with Gasteiger partial charge in [-0.25, -0.2) is 0 Å². The number of hydrogen-bond donors (Lipinski definition) is 2. The third-order valence-corrected chi connectivity index (χ3v) is 1.98. The minimum absolute atomic E-state index is 0.165. The van der Waals surface area contributed by atoms with Crippen LogP contribution in [0.4, 0.5) is 0 Å². The smallest absolute Gasteiger partial charge is 0.219 e. The molecule has 64 valence electrons. The van der Waals surface area contributed by atoms with Gasteiger partial charge in [0.15, 0.2) is 0 Å². The molecule has 0 aromatic carbocycles. The van der Waals surface area contributed by atoms with Crippen LogP contribution in [0, 0.1) is 0 Å². The lowest BCUT2D eigenvalue weighted by Crippen LogP contribution is -2.45. The highest BCUT2D eigenvalue weighted by Gasteiger charge is 2.13. The van der Waals surface area contributed by atoms with Crippen LogP contribution in [-0.4, -0.2) is 25.0 Å². The van der Waals surface area contributed by atoms with Crippen molar-refractivity contribution >= 4 is 5.91 Å². The van der Waals surface area contributed by atoms with Crippen molar-refractivity contribution in [1.82, 2.24) is 10.6 Å². The monoisotopic (exact) mass is 156 g/mol. The zero-order chi connectivity index (χ0) is 8.10. The van der Waals surface area contributed by atoms with Gasteiger partial charge in [0.25, 0.3) is 0 Å². The lowest BCUT2D eigenvalue weighted by molar-refractivity contribution is -0.121. The topological polar surface area (TPSA) is 41.1 Å². The van der Waals surface area contributed by atoms with E-state index in [9.17, 15) is 4.79 Å². The van der Waals surface area contributed by atoms with Crippen LogP contribution in [0.15, 0.2) is 0 Å². The van der Waals surface area contributed by atoms with E-state index in [1.165, 1.54) is 6.42 Å². The Morgan fingerprint density at radius 2 is 2.55 bits per heavy atom. The Hall–Kier alpha value is -0.570. The van der Waals surface area contributed by atoms with Crippen molar-refractivity contribution in [3.05, 3.63) is 0 Å². The molecule has 0 radical (unpaired) electrons. The SMILES string of the molecule is CCC(=O)NC1CCCNC1. The number of hydrogen-bond acceptors (Lipinski definition) is 2. The van der Waals surface area contributed by atoms with E-state index in [-0.39, 0.29) is 5.91 Å². The molecule has 1 aliphatic rings. The van der Waals surface area contributed by atoms with Crippen molar-refractivity contribution in [3.8, 4) is 0 Å². The minimum Gasteiger partial charge on any atom is -0.352 e. The zero-order valence-electron chi connectivity index (χ0n) is 7.02. The van der Waals surface area contributed by atoms with Crippen LogP contribution in [0.5, 0.6) is 0 Å². The van der Waals surface area contributed by atoms with E-state index in [4.69, 9.17) is 0 Å². The Bertz CT molecular complexity index is 130. The maximum absolute atomic E-state index is 10.9. The van der Waals surface area contributed by atoms with Gasteiger partial charge in [-0.2, -0.15) is 0 Å². The minimum atomic E-state index is 0.165. The Morgan fingerprint density at radius 3 is 3.09 bits per heavy atom. The molecule has 0 spiro atoms. The number of nitrogens with one attached hydrogen (secondary N) is 2. The summed E-state index contributed by atoms with van der Waals surface area (Å²) in [6.45, 7) is 3.91. The second-order valence-electron chi connectivity index (χ2n) is 2.96. The Labute approximate surface area is 67.5 Å². The summed E-state index contributed by atoms with van der Waals surface area (Å²) in [5.74, 6) is 0.165. The van der Waals surface area contributed by atoms with E-state index in [1.807, 2.05) is 6.92 Å². The predicted molar refractivity (Wildman–Crippen MR) is 44.3 cm³/mol. The number of amides is 1. The van der Waals surface area contributed by atoms with E-state index in [0.717, 1.165) is 19.5 Å². The molecule has 0 saturated carbocycles. The van der Waals surface area contributed by atoms with Crippen molar-refractivity contribution in [2.45, 2.75) is 32.2 Å². The molecule has 11 heavy (non-hydrogen) atoms. The summed E-state index contributed by atoms with van der Waals surface area (Å²) in [4.78, 5) is 10.9. The molecule has 1 unspecified atom stereocenters. The van der Waals surface area contributed by atoms with E-state index in [0.29, 0.717) is 12.5 Å². The lowest BCUT2D eigenvalue weighted by atomic mass is 10.1. The van der Waals surface area contributed by atoms with Crippen LogP contribution in [0.1, 0.15) is 26.2 Å². The van der Waals surface area contributed by atoms with Gasteiger partial charge in [-0.15, -0.1) is 0 Å². The summed E-state index contributed by atoms with van der Waals surface area (Å²) in [7, 11) is 0. The molecular weight excluding hydrogens is 140 g/mol. The van der Waals surface area contributed by atoms with Crippen LogP contribution in [0.25, 0.3) is 0 Å². The van der Waals surface area contributed by atoms with Crippen LogP contribution >= 0.6 is 0 Å². The molecule has 1 saturated heterocycles. The van der Waals surface area contributed by atoms with Gasteiger partial charge in [0.05, 0.1) is 0 Å².